The number of ether oxygens (including phenoxy) is 1. The van der Waals surface area contributed by atoms with Gasteiger partial charge in [0.05, 0.1) is 25.4 Å². The predicted octanol–water partition coefficient (Wildman–Crippen LogP) is 3.15. The van der Waals surface area contributed by atoms with Crippen LogP contribution in [0.15, 0.2) is 59.8 Å². The largest absolute Gasteiger partial charge is 0.497 e. The number of rotatable bonds is 10. The summed E-state index contributed by atoms with van der Waals surface area (Å²) in [4.78, 5) is 14.6. The van der Waals surface area contributed by atoms with Crippen LogP contribution in [0.3, 0.4) is 0 Å². The number of aromatic nitrogens is 3. The molecule has 0 radical (unpaired) electrons. The third kappa shape index (κ3) is 6.32. The first-order valence-electron chi connectivity index (χ1n) is 10.1. The van der Waals surface area contributed by atoms with E-state index in [2.05, 4.69) is 32.5 Å². The van der Waals surface area contributed by atoms with Gasteiger partial charge in [0.2, 0.25) is 5.91 Å². The third-order valence-electron chi connectivity index (χ3n) is 5.03. The minimum absolute atomic E-state index is 0.0303. The highest BCUT2D eigenvalue weighted by atomic mass is 32.2. The van der Waals surface area contributed by atoms with Crippen LogP contribution in [0.1, 0.15) is 23.0 Å². The van der Waals surface area contributed by atoms with E-state index >= 15 is 0 Å². The van der Waals surface area contributed by atoms with Crippen LogP contribution in [0, 0.1) is 6.92 Å². The number of aryl methyl sites for hydroxylation is 1. The van der Waals surface area contributed by atoms with Crippen LogP contribution in [0.25, 0.3) is 0 Å². The lowest BCUT2D eigenvalue weighted by Gasteiger charge is -2.25. The molecule has 3 rings (SSSR count). The van der Waals surface area contributed by atoms with Gasteiger partial charge in [0.15, 0.2) is 5.16 Å². The number of methoxy groups -OCH3 is 1. The lowest BCUT2D eigenvalue weighted by molar-refractivity contribution is -0.118. The van der Waals surface area contributed by atoms with Crippen molar-refractivity contribution in [2.45, 2.75) is 24.7 Å². The van der Waals surface area contributed by atoms with Gasteiger partial charge >= 0.3 is 0 Å². The zero-order valence-electron chi connectivity index (χ0n) is 18.4. The second kappa shape index (κ2) is 11.0. The minimum Gasteiger partial charge on any atom is -0.497 e. The number of hydrogen-bond donors (Lipinski definition) is 1. The van der Waals surface area contributed by atoms with Gasteiger partial charge in [-0.2, -0.15) is 0 Å². The van der Waals surface area contributed by atoms with Gasteiger partial charge in [0.1, 0.15) is 11.6 Å². The van der Waals surface area contributed by atoms with Crippen LogP contribution >= 0.6 is 11.8 Å². The number of likely N-dealkylation sites (N-methyl/N-ethyl adjacent to an activating group) is 1. The first-order chi connectivity index (χ1) is 15.0. The monoisotopic (exact) mass is 439 g/mol. The molecule has 3 aromatic rings. The molecule has 1 unspecified atom stereocenters. The lowest BCUT2D eigenvalue weighted by Crippen LogP contribution is -2.35. The summed E-state index contributed by atoms with van der Waals surface area (Å²) < 4.78 is 7.27. The number of carbonyl (C=O) groups is 1. The number of benzene rings is 2. The van der Waals surface area contributed by atoms with Crippen molar-refractivity contribution in [3.63, 3.8) is 0 Å². The molecule has 1 aromatic heterocycles. The second-order valence-corrected chi connectivity index (χ2v) is 8.39. The molecule has 0 saturated heterocycles. The van der Waals surface area contributed by atoms with Crippen molar-refractivity contribution >= 4 is 17.7 Å². The highest BCUT2D eigenvalue weighted by molar-refractivity contribution is 7.99. The summed E-state index contributed by atoms with van der Waals surface area (Å²) in [7, 11) is 5.66. The molecule has 8 heteroatoms. The molecule has 31 heavy (non-hydrogen) atoms. The Bertz CT molecular complexity index is 973. The predicted molar refractivity (Wildman–Crippen MR) is 123 cm³/mol. The summed E-state index contributed by atoms with van der Waals surface area (Å²) in [6.07, 6.45) is 0. The molecule has 0 aliphatic rings. The molecule has 164 valence electrons. The molecule has 2 aromatic carbocycles. The highest BCUT2D eigenvalue weighted by Gasteiger charge is 2.17. The minimum atomic E-state index is -0.0303. The summed E-state index contributed by atoms with van der Waals surface area (Å²) in [5, 5.41) is 12.2. The maximum absolute atomic E-state index is 12.5. The Morgan fingerprint density at radius 1 is 1.13 bits per heavy atom. The number of nitrogens with zero attached hydrogens (tertiary/aromatic N) is 4. The molecular weight excluding hydrogens is 410 g/mol. The van der Waals surface area contributed by atoms with E-state index in [-0.39, 0.29) is 17.7 Å². The number of amides is 1. The fourth-order valence-corrected chi connectivity index (χ4v) is 4.05. The van der Waals surface area contributed by atoms with Crippen molar-refractivity contribution < 1.29 is 9.53 Å². The van der Waals surface area contributed by atoms with Gasteiger partial charge in [-0.15, -0.1) is 10.2 Å². The topological polar surface area (TPSA) is 72.3 Å². The zero-order chi connectivity index (χ0) is 22.2. The Labute approximate surface area is 187 Å². The van der Waals surface area contributed by atoms with Crippen molar-refractivity contribution in [2.24, 2.45) is 0 Å². The average Bonchev–Trinajstić information content (AvgIpc) is 3.12. The lowest BCUT2D eigenvalue weighted by atomic mass is 10.1. The maximum atomic E-state index is 12.5. The molecule has 1 heterocycles. The Morgan fingerprint density at radius 3 is 2.48 bits per heavy atom. The van der Waals surface area contributed by atoms with Crippen molar-refractivity contribution in [3.05, 3.63) is 71.5 Å². The van der Waals surface area contributed by atoms with E-state index in [1.807, 2.05) is 68.1 Å². The summed E-state index contributed by atoms with van der Waals surface area (Å²) >= 11 is 1.40. The van der Waals surface area contributed by atoms with E-state index < -0.39 is 0 Å². The molecule has 0 spiro atoms. The number of thioether (sulfide) groups is 1. The van der Waals surface area contributed by atoms with Crippen molar-refractivity contribution in [1.82, 2.24) is 25.0 Å². The van der Waals surface area contributed by atoms with E-state index in [4.69, 9.17) is 4.74 Å². The van der Waals surface area contributed by atoms with Crippen molar-refractivity contribution in [1.29, 1.82) is 0 Å². The fourth-order valence-electron chi connectivity index (χ4n) is 3.23. The molecule has 1 atom stereocenters. The van der Waals surface area contributed by atoms with Gasteiger partial charge in [-0.05, 0) is 44.3 Å². The first kappa shape index (κ1) is 22.8. The van der Waals surface area contributed by atoms with Crippen LogP contribution in [0.2, 0.25) is 0 Å². The molecule has 1 amide bonds. The SMILES string of the molecule is COc1ccc(C(CNC(=O)CSc2nnc(C)n2Cc2ccccc2)N(C)C)cc1. The Kier molecular flexibility index (Phi) is 8.08. The second-order valence-electron chi connectivity index (χ2n) is 7.45. The van der Waals surface area contributed by atoms with Gasteiger partial charge < -0.3 is 19.5 Å². The van der Waals surface area contributed by atoms with Gasteiger partial charge in [-0.3, -0.25) is 4.79 Å². The first-order valence-corrected chi connectivity index (χ1v) is 11.1. The Hall–Kier alpha value is -2.84. The van der Waals surface area contributed by atoms with Crippen LogP contribution in [0.5, 0.6) is 5.75 Å². The van der Waals surface area contributed by atoms with Crippen molar-refractivity contribution in [2.75, 3.05) is 33.5 Å². The summed E-state index contributed by atoms with van der Waals surface area (Å²) in [5.41, 5.74) is 2.29. The molecule has 0 aliphatic carbocycles. The smallest absolute Gasteiger partial charge is 0.230 e. The van der Waals surface area contributed by atoms with E-state index in [1.165, 1.54) is 17.3 Å². The molecule has 0 saturated carbocycles. The van der Waals surface area contributed by atoms with Crippen molar-refractivity contribution in [3.8, 4) is 5.75 Å². The molecule has 0 bridgehead atoms. The Morgan fingerprint density at radius 2 is 1.84 bits per heavy atom. The zero-order valence-corrected chi connectivity index (χ0v) is 19.2. The number of hydrogen-bond acceptors (Lipinski definition) is 6. The third-order valence-corrected chi connectivity index (χ3v) is 6.00. The average molecular weight is 440 g/mol. The molecule has 0 fully saturated rings. The fraction of sp³-hybridized carbons (Fsp3) is 0.348. The molecular formula is C23H29N5O2S. The quantitative estimate of drug-likeness (QED) is 0.489. The summed E-state index contributed by atoms with van der Waals surface area (Å²) in [6.45, 7) is 3.13. The van der Waals surface area contributed by atoms with Crippen LogP contribution in [-0.4, -0.2) is 59.1 Å². The van der Waals surface area contributed by atoms with Gasteiger partial charge in [0, 0.05) is 6.54 Å². The van der Waals surface area contributed by atoms with E-state index in [0.29, 0.717) is 13.1 Å². The number of nitrogens with one attached hydrogen (secondary N) is 1. The molecule has 1 N–H and O–H groups in total. The highest BCUT2D eigenvalue weighted by Crippen LogP contribution is 2.21. The van der Waals surface area contributed by atoms with Crippen LogP contribution in [-0.2, 0) is 11.3 Å². The number of carbonyl (C=O) groups excluding carboxylic acids is 1. The van der Waals surface area contributed by atoms with Crippen LogP contribution < -0.4 is 10.1 Å². The van der Waals surface area contributed by atoms with Gasteiger partial charge in [0.25, 0.3) is 0 Å². The standard InChI is InChI=1S/C23H29N5O2S/c1-17-25-26-23(28(17)15-18-8-6-5-7-9-18)31-16-22(29)24-14-21(27(2)3)19-10-12-20(30-4)13-11-19/h5-13,21H,14-16H2,1-4H3,(H,24,29). The van der Waals surface area contributed by atoms with Gasteiger partial charge in [-0.1, -0.05) is 54.2 Å². The molecule has 7 nitrogen and oxygen atoms in total. The Balaban J connectivity index is 1.56. The van der Waals surface area contributed by atoms with E-state index in [1.54, 1.807) is 7.11 Å². The summed E-state index contributed by atoms with van der Waals surface area (Å²) in [6, 6.07) is 18.2. The molecule has 0 aliphatic heterocycles. The van der Waals surface area contributed by atoms with E-state index in [0.717, 1.165) is 22.3 Å². The summed E-state index contributed by atoms with van der Waals surface area (Å²) in [5.74, 6) is 1.91. The van der Waals surface area contributed by atoms with Crippen LogP contribution in [0.4, 0.5) is 0 Å². The van der Waals surface area contributed by atoms with Gasteiger partial charge in [-0.25, -0.2) is 0 Å². The van der Waals surface area contributed by atoms with E-state index in [9.17, 15) is 4.79 Å². The maximum Gasteiger partial charge on any atom is 0.230 e. The normalized spacial score (nSPS) is 12.0.